The Morgan fingerprint density at radius 2 is 2.06 bits per heavy atom. The molecule has 0 bridgehead atoms. The molecule has 0 aliphatic heterocycles. The Balaban J connectivity index is 3.14. The van der Waals surface area contributed by atoms with Crippen LogP contribution in [0.3, 0.4) is 0 Å². The van der Waals surface area contributed by atoms with Crippen LogP contribution < -0.4 is 9.47 Å². The minimum atomic E-state index is -1.05. The van der Waals surface area contributed by atoms with Crippen LogP contribution in [0.15, 0.2) is 18.2 Å². The second-order valence-corrected chi connectivity index (χ2v) is 3.67. The van der Waals surface area contributed by atoms with Crippen LogP contribution in [0.4, 0.5) is 0 Å². The molecule has 1 atom stereocenters. The molecule has 1 rings (SSSR count). The van der Waals surface area contributed by atoms with Crippen molar-refractivity contribution < 1.29 is 24.1 Å². The van der Waals surface area contributed by atoms with Gasteiger partial charge in [0, 0.05) is 12.2 Å². The molecule has 0 aromatic heterocycles. The van der Waals surface area contributed by atoms with Crippen LogP contribution in [-0.4, -0.2) is 31.9 Å². The molecule has 100 valence electrons. The highest BCUT2D eigenvalue weighted by Crippen LogP contribution is 2.36. The summed E-state index contributed by atoms with van der Waals surface area (Å²) in [7, 11) is 2.98. The van der Waals surface area contributed by atoms with Crippen LogP contribution in [0, 0.1) is 0 Å². The molecule has 0 amide bonds. The first-order valence-electron chi connectivity index (χ1n) is 5.71. The van der Waals surface area contributed by atoms with Gasteiger partial charge in [0.15, 0.2) is 17.6 Å². The maximum atomic E-state index is 11.3. The van der Waals surface area contributed by atoms with E-state index in [-0.39, 0.29) is 0 Å². The molecule has 1 N–H and O–H groups in total. The number of hydrogen-bond acceptors (Lipinski definition) is 4. The lowest BCUT2D eigenvalue weighted by Gasteiger charge is -2.18. The predicted molar refractivity (Wildman–Crippen MR) is 66.2 cm³/mol. The Labute approximate surface area is 106 Å². The molecule has 18 heavy (non-hydrogen) atoms. The van der Waals surface area contributed by atoms with Crippen molar-refractivity contribution in [3.63, 3.8) is 0 Å². The number of ether oxygens (including phenoxy) is 3. The summed E-state index contributed by atoms with van der Waals surface area (Å²) in [6.07, 6.45) is -0.300. The number of carboxylic acid groups (broad SMARTS) is 1. The van der Waals surface area contributed by atoms with Gasteiger partial charge in [0.1, 0.15) is 0 Å². The number of carboxylic acids is 1. The smallest absolute Gasteiger partial charge is 0.337 e. The lowest BCUT2D eigenvalue weighted by Crippen LogP contribution is -2.17. The number of methoxy groups -OCH3 is 2. The van der Waals surface area contributed by atoms with Gasteiger partial charge in [0.2, 0.25) is 0 Å². The number of hydrogen-bond donors (Lipinski definition) is 1. The van der Waals surface area contributed by atoms with Gasteiger partial charge in [-0.25, -0.2) is 4.79 Å². The summed E-state index contributed by atoms with van der Waals surface area (Å²) in [6.45, 7) is 2.29. The van der Waals surface area contributed by atoms with Crippen LogP contribution >= 0.6 is 0 Å². The minimum absolute atomic E-state index is 0.372. The molecular weight excluding hydrogens is 236 g/mol. The normalized spacial score (nSPS) is 11.9. The summed E-state index contributed by atoms with van der Waals surface area (Å²) in [5.74, 6) is -0.167. The van der Waals surface area contributed by atoms with E-state index in [0.29, 0.717) is 23.7 Å². The first-order valence-corrected chi connectivity index (χ1v) is 5.71. The fourth-order valence-corrected chi connectivity index (χ4v) is 1.65. The highest BCUT2D eigenvalue weighted by atomic mass is 16.5. The summed E-state index contributed by atoms with van der Waals surface area (Å²) in [5, 5.41) is 9.22. The summed E-state index contributed by atoms with van der Waals surface area (Å²) in [4.78, 5) is 11.3. The minimum Gasteiger partial charge on any atom is -0.493 e. The molecule has 0 saturated heterocycles. The molecule has 0 fully saturated rings. The molecule has 0 aliphatic rings. The number of rotatable bonds is 7. The van der Waals surface area contributed by atoms with E-state index in [1.54, 1.807) is 18.2 Å². The van der Waals surface area contributed by atoms with Gasteiger partial charge in [-0.2, -0.15) is 0 Å². The van der Waals surface area contributed by atoms with E-state index < -0.39 is 12.1 Å². The molecule has 5 nitrogen and oxygen atoms in total. The van der Waals surface area contributed by atoms with Crippen LogP contribution in [0.2, 0.25) is 0 Å². The van der Waals surface area contributed by atoms with Gasteiger partial charge in [-0.1, -0.05) is 19.1 Å². The van der Waals surface area contributed by atoms with E-state index in [1.165, 1.54) is 14.2 Å². The van der Waals surface area contributed by atoms with Crippen molar-refractivity contribution in [2.75, 3.05) is 20.8 Å². The monoisotopic (exact) mass is 254 g/mol. The van der Waals surface area contributed by atoms with Crippen LogP contribution in [0.1, 0.15) is 25.0 Å². The van der Waals surface area contributed by atoms with Crippen molar-refractivity contribution in [1.29, 1.82) is 0 Å². The zero-order chi connectivity index (χ0) is 13.5. The second-order valence-electron chi connectivity index (χ2n) is 3.67. The molecule has 0 saturated carbocycles. The van der Waals surface area contributed by atoms with Crippen molar-refractivity contribution in [2.24, 2.45) is 0 Å². The Kier molecular flexibility index (Phi) is 5.45. The number of carbonyl (C=O) groups is 1. The summed E-state index contributed by atoms with van der Waals surface area (Å²) in [5.41, 5.74) is 0.456. The number of para-hydroxylation sites is 1. The number of aliphatic carboxylic acids is 1. The molecule has 1 unspecified atom stereocenters. The molecule has 5 heteroatoms. The van der Waals surface area contributed by atoms with Crippen LogP contribution in [0.25, 0.3) is 0 Å². The van der Waals surface area contributed by atoms with Crippen molar-refractivity contribution in [3.05, 3.63) is 23.8 Å². The van der Waals surface area contributed by atoms with E-state index in [2.05, 4.69) is 0 Å². The standard InChI is InChI=1S/C13H18O5/c1-4-8-18-12(13(14)15)9-6-5-7-10(16-2)11(9)17-3/h5-7,12H,4,8H2,1-3H3,(H,14,15). The molecule has 0 aliphatic carbocycles. The van der Waals surface area contributed by atoms with Gasteiger partial charge in [0.25, 0.3) is 0 Å². The largest absolute Gasteiger partial charge is 0.493 e. The lowest BCUT2D eigenvalue weighted by atomic mass is 10.1. The maximum Gasteiger partial charge on any atom is 0.337 e. The third-order valence-electron chi connectivity index (χ3n) is 2.43. The van der Waals surface area contributed by atoms with Gasteiger partial charge < -0.3 is 19.3 Å². The first-order chi connectivity index (χ1) is 8.65. The van der Waals surface area contributed by atoms with Gasteiger partial charge in [-0.3, -0.25) is 0 Å². The van der Waals surface area contributed by atoms with E-state index in [1.807, 2.05) is 6.92 Å². The topological polar surface area (TPSA) is 65.0 Å². The van der Waals surface area contributed by atoms with Gasteiger partial charge >= 0.3 is 5.97 Å². The Morgan fingerprint density at radius 1 is 1.33 bits per heavy atom. The SMILES string of the molecule is CCCOC(C(=O)O)c1cccc(OC)c1OC. The third kappa shape index (κ3) is 3.13. The second kappa shape index (κ2) is 6.86. The fourth-order valence-electron chi connectivity index (χ4n) is 1.65. The average Bonchev–Trinajstić information content (AvgIpc) is 2.38. The van der Waals surface area contributed by atoms with E-state index in [0.717, 1.165) is 6.42 Å². The average molecular weight is 254 g/mol. The predicted octanol–water partition coefficient (Wildman–Crippen LogP) is 2.26. The maximum absolute atomic E-state index is 11.3. The highest BCUT2D eigenvalue weighted by Gasteiger charge is 2.25. The van der Waals surface area contributed by atoms with Gasteiger partial charge in [-0.05, 0) is 12.5 Å². The quantitative estimate of drug-likeness (QED) is 0.808. The van der Waals surface area contributed by atoms with Gasteiger partial charge in [-0.15, -0.1) is 0 Å². The molecule has 0 spiro atoms. The summed E-state index contributed by atoms with van der Waals surface area (Å²) < 4.78 is 15.7. The fraction of sp³-hybridized carbons (Fsp3) is 0.462. The van der Waals surface area contributed by atoms with E-state index in [4.69, 9.17) is 14.2 Å². The summed E-state index contributed by atoms with van der Waals surface area (Å²) in [6, 6.07) is 5.08. The Hall–Kier alpha value is -1.75. The first kappa shape index (κ1) is 14.3. The summed E-state index contributed by atoms with van der Waals surface area (Å²) >= 11 is 0. The molecule has 1 aromatic rings. The zero-order valence-electron chi connectivity index (χ0n) is 10.8. The lowest BCUT2D eigenvalue weighted by molar-refractivity contribution is -0.151. The van der Waals surface area contributed by atoms with Crippen molar-refractivity contribution in [1.82, 2.24) is 0 Å². The Bertz CT molecular complexity index is 402. The van der Waals surface area contributed by atoms with Crippen LogP contribution in [-0.2, 0) is 9.53 Å². The zero-order valence-corrected chi connectivity index (χ0v) is 10.8. The third-order valence-corrected chi connectivity index (χ3v) is 2.43. The van der Waals surface area contributed by atoms with Crippen molar-refractivity contribution in [3.8, 4) is 11.5 Å². The molecular formula is C13H18O5. The van der Waals surface area contributed by atoms with E-state index >= 15 is 0 Å². The molecule has 1 aromatic carbocycles. The van der Waals surface area contributed by atoms with E-state index in [9.17, 15) is 9.90 Å². The van der Waals surface area contributed by atoms with Crippen LogP contribution in [0.5, 0.6) is 11.5 Å². The Morgan fingerprint density at radius 3 is 2.56 bits per heavy atom. The van der Waals surface area contributed by atoms with Crippen molar-refractivity contribution in [2.45, 2.75) is 19.4 Å². The molecule has 0 heterocycles. The van der Waals surface area contributed by atoms with Crippen molar-refractivity contribution >= 4 is 5.97 Å². The van der Waals surface area contributed by atoms with Gasteiger partial charge in [0.05, 0.1) is 14.2 Å². The molecule has 0 radical (unpaired) electrons. The highest BCUT2D eigenvalue weighted by molar-refractivity contribution is 5.76. The number of benzene rings is 1.